The first-order chi connectivity index (χ1) is 11.8. The van der Waals surface area contributed by atoms with Gasteiger partial charge in [-0.15, -0.1) is 0 Å². The normalized spacial score (nSPS) is 12.9. The van der Waals surface area contributed by atoms with Crippen molar-refractivity contribution in [3.05, 3.63) is 65.6 Å². The van der Waals surface area contributed by atoms with Crippen LogP contribution in [-0.2, 0) is 19.4 Å². The fourth-order valence-electron chi connectivity index (χ4n) is 3.11. The zero-order valence-electron chi connectivity index (χ0n) is 13.6. The van der Waals surface area contributed by atoms with Gasteiger partial charge in [-0.25, -0.2) is 15.0 Å². The molecule has 0 saturated carbocycles. The highest BCUT2D eigenvalue weighted by molar-refractivity contribution is 5.68. The zero-order valence-corrected chi connectivity index (χ0v) is 13.6. The lowest BCUT2D eigenvalue weighted by molar-refractivity contribution is 0.288. The summed E-state index contributed by atoms with van der Waals surface area (Å²) in [6.07, 6.45) is 8.40. The van der Waals surface area contributed by atoms with Crippen LogP contribution in [0.5, 0.6) is 5.88 Å². The van der Waals surface area contributed by atoms with E-state index < -0.39 is 0 Å². The SMILES string of the molecule is Cc1cccc(COc2cc(-c3cncnc3)c3c(n2)CCC3)n1. The van der Waals surface area contributed by atoms with Crippen LogP contribution in [0.3, 0.4) is 0 Å². The Morgan fingerprint density at radius 1 is 1.08 bits per heavy atom. The van der Waals surface area contributed by atoms with E-state index in [-0.39, 0.29) is 0 Å². The van der Waals surface area contributed by atoms with Gasteiger partial charge in [0.05, 0.1) is 5.69 Å². The van der Waals surface area contributed by atoms with Crippen LogP contribution in [0.1, 0.15) is 29.1 Å². The largest absolute Gasteiger partial charge is 0.471 e. The highest BCUT2D eigenvalue weighted by Gasteiger charge is 2.19. The molecule has 0 amide bonds. The van der Waals surface area contributed by atoms with Gasteiger partial charge in [0.2, 0.25) is 5.88 Å². The summed E-state index contributed by atoms with van der Waals surface area (Å²) in [5, 5.41) is 0. The summed E-state index contributed by atoms with van der Waals surface area (Å²) in [6.45, 7) is 2.39. The van der Waals surface area contributed by atoms with Gasteiger partial charge in [0, 0.05) is 35.4 Å². The van der Waals surface area contributed by atoms with Gasteiger partial charge in [-0.3, -0.25) is 4.98 Å². The molecule has 0 saturated heterocycles. The second kappa shape index (κ2) is 6.35. The van der Waals surface area contributed by atoms with E-state index in [4.69, 9.17) is 4.74 Å². The molecule has 0 bridgehead atoms. The Kier molecular flexibility index (Phi) is 3.91. The first-order valence-electron chi connectivity index (χ1n) is 8.13. The van der Waals surface area contributed by atoms with E-state index in [0.717, 1.165) is 47.5 Å². The molecule has 0 N–H and O–H groups in total. The smallest absolute Gasteiger partial charge is 0.214 e. The van der Waals surface area contributed by atoms with Crippen molar-refractivity contribution in [1.29, 1.82) is 0 Å². The van der Waals surface area contributed by atoms with Crippen LogP contribution in [0.4, 0.5) is 0 Å². The molecule has 0 fully saturated rings. The highest BCUT2D eigenvalue weighted by Crippen LogP contribution is 2.33. The lowest BCUT2D eigenvalue weighted by Gasteiger charge is -2.12. The predicted octanol–water partition coefficient (Wildman–Crippen LogP) is 3.31. The molecular weight excluding hydrogens is 300 g/mol. The van der Waals surface area contributed by atoms with Crippen molar-refractivity contribution in [2.24, 2.45) is 0 Å². The minimum atomic E-state index is 0.415. The van der Waals surface area contributed by atoms with E-state index in [1.807, 2.05) is 43.6 Å². The minimum absolute atomic E-state index is 0.415. The van der Waals surface area contributed by atoms with E-state index in [0.29, 0.717) is 12.5 Å². The molecular formula is C19H18N4O. The van der Waals surface area contributed by atoms with Gasteiger partial charge in [0.25, 0.3) is 0 Å². The number of aromatic nitrogens is 4. The maximum atomic E-state index is 5.92. The lowest BCUT2D eigenvalue weighted by Crippen LogP contribution is -2.03. The Hall–Kier alpha value is -2.82. The average molecular weight is 318 g/mol. The molecule has 0 aromatic carbocycles. The summed E-state index contributed by atoms with van der Waals surface area (Å²) in [4.78, 5) is 17.4. The Labute approximate surface area is 140 Å². The third-order valence-electron chi connectivity index (χ3n) is 4.21. The van der Waals surface area contributed by atoms with E-state index in [9.17, 15) is 0 Å². The van der Waals surface area contributed by atoms with Gasteiger partial charge in [0.15, 0.2) is 0 Å². The third kappa shape index (κ3) is 2.97. The molecule has 0 aliphatic heterocycles. The first kappa shape index (κ1) is 14.8. The van der Waals surface area contributed by atoms with Gasteiger partial charge in [0.1, 0.15) is 12.9 Å². The van der Waals surface area contributed by atoms with Crippen LogP contribution in [0.25, 0.3) is 11.1 Å². The van der Waals surface area contributed by atoms with Crippen molar-refractivity contribution in [2.45, 2.75) is 32.8 Å². The van der Waals surface area contributed by atoms with Gasteiger partial charge < -0.3 is 4.74 Å². The van der Waals surface area contributed by atoms with Crippen molar-refractivity contribution in [3.63, 3.8) is 0 Å². The molecule has 0 atom stereocenters. The van der Waals surface area contributed by atoms with E-state index in [1.54, 1.807) is 6.33 Å². The minimum Gasteiger partial charge on any atom is -0.471 e. The van der Waals surface area contributed by atoms with Gasteiger partial charge in [-0.1, -0.05) is 6.07 Å². The summed E-state index contributed by atoms with van der Waals surface area (Å²) in [7, 11) is 0. The topological polar surface area (TPSA) is 60.8 Å². The molecule has 0 spiro atoms. The van der Waals surface area contributed by atoms with Crippen molar-refractivity contribution in [1.82, 2.24) is 19.9 Å². The van der Waals surface area contributed by atoms with Crippen LogP contribution < -0.4 is 4.74 Å². The standard InChI is InChI=1S/C19H18N4O/c1-13-4-2-5-15(22-13)11-24-19-8-17(14-9-20-12-21-10-14)16-6-3-7-18(16)23-19/h2,4-5,8-10,12H,3,6-7,11H2,1H3. The number of pyridine rings is 2. The van der Waals surface area contributed by atoms with E-state index in [2.05, 4.69) is 19.9 Å². The number of ether oxygens (including phenoxy) is 1. The molecule has 3 aromatic heterocycles. The van der Waals surface area contributed by atoms with Gasteiger partial charge in [-0.2, -0.15) is 0 Å². The number of rotatable bonds is 4. The number of hydrogen-bond donors (Lipinski definition) is 0. The van der Waals surface area contributed by atoms with Crippen LogP contribution >= 0.6 is 0 Å². The molecule has 3 aromatic rings. The number of nitrogens with zero attached hydrogens (tertiary/aromatic N) is 4. The fourth-order valence-corrected chi connectivity index (χ4v) is 3.11. The van der Waals surface area contributed by atoms with Crippen LogP contribution in [-0.4, -0.2) is 19.9 Å². The summed E-state index contributed by atoms with van der Waals surface area (Å²) in [6, 6.07) is 7.93. The lowest BCUT2D eigenvalue weighted by atomic mass is 10.0. The van der Waals surface area contributed by atoms with Crippen LogP contribution in [0.15, 0.2) is 43.0 Å². The molecule has 5 heteroatoms. The molecule has 5 nitrogen and oxygen atoms in total. The monoisotopic (exact) mass is 318 g/mol. The molecule has 120 valence electrons. The van der Waals surface area contributed by atoms with Crippen LogP contribution in [0, 0.1) is 6.92 Å². The van der Waals surface area contributed by atoms with Crippen molar-refractivity contribution in [3.8, 4) is 17.0 Å². The quantitative estimate of drug-likeness (QED) is 0.738. The van der Waals surface area contributed by atoms with Crippen molar-refractivity contribution >= 4 is 0 Å². The Morgan fingerprint density at radius 3 is 2.79 bits per heavy atom. The fraction of sp³-hybridized carbons (Fsp3) is 0.263. The van der Waals surface area contributed by atoms with Gasteiger partial charge >= 0.3 is 0 Å². The van der Waals surface area contributed by atoms with E-state index in [1.165, 1.54) is 5.56 Å². The molecule has 4 rings (SSSR count). The maximum Gasteiger partial charge on any atom is 0.214 e. The Balaban J connectivity index is 1.65. The molecule has 3 heterocycles. The Morgan fingerprint density at radius 2 is 1.96 bits per heavy atom. The van der Waals surface area contributed by atoms with Crippen molar-refractivity contribution in [2.75, 3.05) is 0 Å². The summed E-state index contributed by atoms with van der Waals surface area (Å²) in [5.74, 6) is 0.637. The maximum absolute atomic E-state index is 5.92. The zero-order chi connectivity index (χ0) is 16.4. The summed E-state index contributed by atoms with van der Waals surface area (Å²) < 4.78 is 5.92. The average Bonchev–Trinajstić information content (AvgIpc) is 3.08. The summed E-state index contributed by atoms with van der Waals surface area (Å²) in [5.41, 5.74) is 6.46. The molecule has 1 aliphatic carbocycles. The number of hydrogen-bond acceptors (Lipinski definition) is 5. The van der Waals surface area contributed by atoms with Gasteiger partial charge in [-0.05, 0) is 49.4 Å². The van der Waals surface area contributed by atoms with E-state index >= 15 is 0 Å². The molecule has 0 radical (unpaired) electrons. The highest BCUT2D eigenvalue weighted by atomic mass is 16.5. The van der Waals surface area contributed by atoms with Crippen LogP contribution in [0.2, 0.25) is 0 Å². The number of aryl methyl sites for hydroxylation is 2. The molecule has 0 unspecified atom stereocenters. The second-order valence-corrected chi connectivity index (χ2v) is 5.97. The molecule has 24 heavy (non-hydrogen) atoms. The van der Waals surface area contributed by atoms with Crippen molar-refractivity contribution < 1.29 is 4.74 Å². The molecule has 1 aliphatic rings. The first-order valence-corrected chi connectivity index (χ1v) is 8.13. The third-order valence-corrected chi connectivity index (χ3v) is 4.21. The number of fused-ring (bicyclic) bond motifs is 1. The summed E-state index contributed by atoms with van der Waals surface area (Å²) >= 11 is 0. The predicted molar refractivity (Wildman–Crippen MR) is 90.6 cm³/mol. The second-order valence-electron chi connectivity index (χ2n) is 5.97. The Bertz CT molecular complexity index is 864.